The Morgan fingerprint density at radius 3 is 2.78 bits per heavy atom. The van der Waals surface area contributed by atoms with Gasteiger partial charge in [-0.05, 0) is 13.0 Å². The zero-order valence-electron chi connectivity index (χ0n) is 5.76. The summed E-state index contributed by atoms with van der Waals surface area (Å²) in [6.07, 6.45) is 3.66. The van der Waals surface area contributed by atoms with Crippen molar-refractivity contribution < 1.29 is 5.11 Å². The summed E-state index contributed by atoms with van der Waals surface area (Å²) in [7, 11) is 1.95. The van der Waals surface area contributed by atoms with E-state index in [0.717, 1.165) is 12.2 Å². The fourth-order valence-electron chi connectivity index (χ4n) is 0.776. The quantitative estimate of drug-likeness (QED) is 0.527. The Kier molecular flexibility index (Phi) is 1.47. The van der Waals surface area contributed by atoms with Gasteiger partial charge in [-0.3, -0.25) is 0 Å². The van der Waals surface area contributed by atoms with Crippen LogP contribution in [0.25, 0.3) is 0 Å². The van der Waals surface area contributed by atoms with Gasteiger partial charge in [-0.25, -0.2) is 0 Å². The summed E-state index contributed by atoms with van der Waals surface area (Å²) in [6.45, 7) is 2.80. The summed E-state index contributed by atoms with van der Waals surface area (Å²) in [5, 5.41) is 9.10. The van der Waals surface area contributed by atoms with Crippen molar-refractivity contribution in [1.29, 1.82) is 0 Å². The number of aliphatic hydroxyl groups excluding tert-OH is 1. The minimum atomic E-state index is 0.378. The number of rotatable bonds is 0. The number of hydrogen-bond donors (Lipinski definition) is 1. The maximum atomic E-state index is 9.10. The second-order valence-corrected chi connectivity index (χ2v) is 2.25. The van der Waals surface area contributed by atoms with E-state index in [1.54, 1.807) is 6.08 Å². The first-order chi connectivity index (χ1) is 4.22. The van der Waals surface area contributed by atoms with Crippen LogP contribution >= 0.6 is 0 Å². The molecular formula is C7H11NO. The van der Waals surface area contributed by atoms with Gasteiger partial charge in [0.25, 0.3) is 0 Å². The molecule has 0 radical (unpaired) electrons. The first-order valence-electron chi connectivity index (χ1n) is 2.99. The lowest BCUT2D eigenvalue weighted by molar-refractivity contribution is 0.364. The lowest BCUT2D eigenvalue weighted by Crippen LogP contribution is -2.19. The van der Waals surface area contributed by atoms with E-state index in [9.17, 15) is 0 Å². The molecule has 0 aliphatic carbocycles. The van der Waals surface area contributed by atoms with Crippen LogP contribution in [0.1, 0.15) is 6.92 Å². The van der Waals surface area contributed by atoms with Crippen molar-refractivity contribution >= 4 is 0 Å². The lowest BCUT2D eigenvalue weighted by atomic mass is 10.2. The van der Waals surface area contributed by atoms with Crippen molar-refractivity contribution in [3.05, 3.63) is 23.6 Å². The van der Waals surface area contributed by atoms with E-state index in [4.69, 9.17) is 5.11 Å². The van der Waals surface area contributed by atoms with E-state index >= 15 is 0 Å². The number of allylic oxidation sites excluding steroid dienone is 2. The molecule has 0 aromatic heterocycles. The summed E-state index contributed by atoms with van der Waals surface area (Å²) < 4.78 is 0. The van der Waals surface area contributed by atoms with E-state index in [1.165, 1.54) is 0 Å². The van der Waals surface area contributed by atoms with Crippen LogP contribution in [0, 0.1) is 0 Å². The Morgan fingerprint density at radius 2 is 2.33 bits per heavy atom. The van der Waals surface area contributed by atoms with Crippen LogP contribution < -0.4 is 0 Å². The van der Waals surface area contributed by atoms with Crippen LogP contribution in [0.15, 0.2) is 23.6 Å². The summed E-state index contributed by atoms with van der Waals surface area (Å²) in [5.41, 5.74) is 0.942. The molecule has 2 heteroatoms. The second-order valence-electron chi connectivity index (χ2n) is 2.25. The Hall–Kier alpha value is -0.920. The van der Waals surface area contributed by atoms with Crippen molar-refractivity contribution in [3.63, 3.8) is 0 Å². The maximum Gasteiger partial charge on any atom is 0.134 e. The van der Waals surface area contributed by atoms with Crippen molar-refractivity contribution in [2.24, 2.45) is 0 Å². The fourth-order valence-corrected chi connectivity index (χ4v) is 0.776. The minimum Gasteiger partial charge on any atom is -0.506 e. The maximum absolute atomic E-state index is 9.10. The van der Waals surface area contributed by atoms with Crippen molar-refractivity contribution in [1.82, 2.24) is 4.90 Å². The smallest absolute Gasteiger partial charge is 0.134 e. The molecule has 1 rings (SSSR count). The highest BCUT2D eigenvalue weighted by Gasteiger charge is 2.05. The van der Waals surface area contributed by atoms with Gasteiger partial charge in [0, 0.05) is 13.6 Å². The Morgan fingerprint density at radius 1 is 1.67 bits per heavy atom. The third-order valence-corrected chi connectivity index (χ3v) is 1.60. The molecule has 0 amide bonds. The molecule has 2 nitrogen and oxygen atoms in total. The van der Waals surface area contributed by atoms with Crippen molar-refractivity contribution in [2.75, 3.05) is 13.6 Å². The van der Waals surface area contributed by atoms with E-state index in [2.05, 4.69) is 0 Å². The van der Waals surface area contributed by atoms with Gasteiger partial charge in [0.2, 0.25) is 0 Å². The van der Waals surface area contributed by atoms with Crippen LogP contribution in [0.2, 0.25) is 0 Å². The van der Waals surface area contributed by atoms with Crippen LogP contribution in [0.3, 0.4) is 0 Å². The average Bonchev–Trinajstić information content (AvgIpc) is 1.83. The molecule has 0 spiro atoms. The largest absolute Gasteiger partial charge is 0.506 e. The molecular weight excluding hydrogens is 114 g/mol. The van der Waals surface area contributed by atoms with Gasteiger partial charge in [0.05, 0.1) is 5.70 Å². The number of likely N-dealkylation sites (N-methyl/N-ethyl adjacent to an activating group) is 1. The van der Waals surface area contributed by atoms with Crippen LogP contribution in [0.4, 0.5) is 0 Å². The van der Waals surface area contributed by atoms with E-state index < -0.39 is 0 Å². The molecule has 0 saturated carbocycles. The topological polar surface area (TPSA) is 23.5 Å². The molecule has 1 aliphatic rings. The minimum absolute atomic E-state index is 0.378. The van der Waals surface area contributed by atoms with Crippen molar-refractivity contribution in [2.45, 2.75) is 6.92 Å². The molecule has 50 valence electrons. The van der Waals surface area contributed by atoms with Gasteiger partial charge >= 0.3 is 0 Å². The number of aliphatic hydroxyl groups is 1. The highest BCUT2D eigenvalue weighted by atomic mass is 16.3. The molecule has 0 aromatic carbocycles. The third kappa shape index (κ3) is 1.07. The molecule has 9 heavy (non-hydrogen) atoms. The molecule has 0 aromatic rings. The molecule has 1 N–H and O–H groups in total. The van der Waals surface area contributed by atoms with Crippen LogP contribution in [-0.2, 0) is 0 Å². The van der Waals surface area contributed by atoms with Gasteiger partial charge in [-0.1, -0.05) is 6.08 Å². The number of nitrogens with zero attached hydrogens (tertiary/aromatic N) is 1. The van der Waals surface area contributed by atoms with Crippen molar-refractivity contribution in [3.8, 4) is 0 Å². The molecule has 0 unspecified atom stereocenters. The Bertz CT molecular complexity index is 170. The molecule has 0 fully saturated rings. The molecule has 1 heterocycles. The summed E-state index contributed by atoms with van der Waals surface area (Å²) in [6, 6.07) is 0. The molecule has 0 atom stereocenters. The molecule has 1 aliphatic heterocycles. The molecule has 0 saturated heterocycles. The first kappa shape index (κ1) is 6.20. The van der Waals surface area contributed by atoms with Crippen LogP contribution in [-0.4, -0.2) is 23.6 Å². The summed E-state index contributed by atoms with van der Waals surface area (Å²) >= 11 is 0. The lowest BCUT2D eigenvalue weighted by Gasteiger charge is -2.21. The summed E-state index contributed by atoms with van der Waals surface area (Å²) in [5.74, 6) is 0.378. The predicted molar refractivity (Wildman–Crippen MR) is 37.1 cm³/mol. The average molecular weight is 125 g/mol. The second kappa shape index (κ2) is 2.13. The van der Waals surface area contributed by atoms with Crippen LogP contribution in [0.5, 0.6) is 0 Å². The normalized spacial score (nSPS) is 19.1. The SMILES string of the molecule is CC1=C(O)C=CCN1C. The predicted octanol–water partition coefficient (Wildman–Crippen LogP) is 1.28. The van der Waals surface area contributed by atoms with E-state index in [1.807, 2.05) is 24.9 Å². The first-order valence-corrected chi connectivity index (χ1v) is 2.99. The summed E-state index contributed by atoms with van der Waals surface area (Å²) in [4.78, 5) is 2.00. The van der Waals surface area contributed by atoms with Gasteiger partial charge < -0.3 is 10.0 Å². The number of hydrogen-bond acceptors (Lipinski definition) is 2. The monoisotopic (exact) mass is 125 g/mol. The Balaban J connectivity index is 2.83. The highest BCUT2D eigenvalue weighted by Crippen LogP contribution is 2.10. The third-order valence-electron chi connectivity index (χ3n) is 1.60. The molecule has 0 bridgehead atoms. The fraction of sp³-hybridized carbons (Fsp3) is 0.429. The van der Waals surface area contributed by atoms with Gasteiger partial charge in [0.1, 0.15) is 5.76 Å². The van der Waals surface area contributed by atoms with Gasteiger partial charge in [-0.15, -0.1) is 0 Å². The standard InChI is InChI=1S/C7H11NO/c1-6-7(9)4-3-5-8(6)2/h3-4,9H,5H2,1-2H3. The van der Waals surface area contributed by atoms with E-state index in [0.29, 0.717) is 5.76 Å². The highest BCUT2D eigenvalue weighted by molar-refractivity contribution is 5.21. The van der Waals surface area contributed by atoms with Gasteiger partial charge in [-0.2, -0.15) is 0 Å². The van der Waals surface area contributed by atoms with Gasteiger partial charge in [0.15, 0.2) is 0 Å². The van der Waals surface area contributed by atoms with E-state index in [-0.39, 0.29) is 0 Å². The zero-order chi connectivity index (χ0) is 6.85. The zero-order valence-corrected chi connectivity index (χ0v) is 5.76. The Labute approximate surface area is 55.1 Å².